The van der Waals surface area contributed by atoms with Gasteiger partial charge in [-0.05, 0) is 63.4 Å². The number of benzene rings is 1. The molecule has 1 atom stereocenters. The van der Waals surface area contributed by atoms with E-state index >= 15 is 0 Å². The van der Waals surface area contributed by atoms with Crippen LogP contribution in [0.5, 0.6) is 0 Å². The number of rotatable bonds is 5. The molecular weight excluding hydrogens is 534 g/mol. The summed E-state index contributed by atoms with van der Waals surface area (Å²) in [6, 6.07) is 10.0. The molecule has 2 aliphatic rings. The topological polar surface area (TPSA) is 123 Å². The molecule has 4 heterocycles. The zero-order chi connectivity index (χ0) is 28.5. The van der Waals surface area contributed by atoms with Crippen molar-refractivity contribution in [2.75, 3.05) is 32.8 Å². The van der Waals surface area contributed by atoms with E-state index in [2.05, 4.69) is 10.3 Å². The largest absolute Gasteiger partial charge is 0.444 e. The van der Waals surface area contributed by atoms with E-state index in [4.69, 9.17) is 9.47 Å². The maximum Gasteiger partial charge on any atom is 0.410 e. The van der Waals surface area contributed by atoms with Crippen molar-refractivity contribution in [3.8, 4) is 0 Å². The highest BCUT2D eigenvalue weighted by Gasteiger charge is 2.45. The van der Waals surface area contributed by atoms with E-state index in [9.17, 15) is 18.0 Å². The van der Waals surface area contributed by atoms with Crippen LogP contribution in [-0.2, 0) is 26.0 Å². The lowest BCUT2D eigenvalue weighted by molar-refractivity contribution is -0.123. The van der Waals surface area contributed by atoms with Crippen molar-refractivity contribution in [1.29, 1.82) is 0 Å². The molecule has 3 aromatic rings. The highest BCUT2D eigenvalue weighted by atomic mass is 32.2. The molecule has 0 aliphatic carbocycles. The normalized spacial score (nSPS) is 20.5. The fraction of sp³-hybridized carbons (Fsp3) is 0.464. The first-order valence-corrected chi connectivity index (χ1v) is 14.8. The summed E-state index contributed by atoms with van der Waals surface area (Å²) in [5.74, 6) is -0.237. The van der Waals surface area contributed by atoms with E-state index in [0.29, 0.717) is 24.9 Å². The minimum absolute atomic E-state index is 0.160. The second-order valence-corrected chi connectivity index (χ2v) is 13.3. The van der Waals surface area contributed by atoms with E-state index in [1.54, 1.807) is 64.3 Å². The first-order valence-electron chi connectivity index (χ1n) is 13.4. The van der Waals surface area contributed by atoms with Crippen molar-refractivity contribution < 1.29 is 27.5 Å². The van der Waals surface area contributed by atoms with Gasteiger partial charge in [-0.15, -0.1) is 0 Å². The lowest BCUT2D eigenvalue weighted by Crippen LogP contribution is -2.61. The summed E-state index contributed by atoms with van der Waals surface area (Å²) in [7, 11) is -3.79. The molecule has 2 amide bonds. The third kappa shape index (κ3) is 6.13. The Hall–Kier alpha value is -3.48. The highest BCUT2D eigenvalue weighted by Crippen LogP contribution is 2.32. The summed E-state index contributed by atoms with van der Waals surface area (Å²) >= 11 is 0. The van der Waals surface area contributed by atoms with Gasteiger partial charge in [0.25, 0.3) is 5.91 Å². The van der Waals surface area contributed by atoms with Crippen molar-refractivity contribution in [1.82, 2.24) is 23.9 Å². The van der Waals surface area contributed by atoms with E-state index < -0.39 is 27.3 Å². The first kappa shape index (κ1) is 28.1. The molecule has 0 bridgehead atoms. The predicted molar refractivity (Wildman–Crippen MR) is 147 cm³/mol. The van der Waals surface area contributed by atoms with Gasteiger partial charge >= 0.3 is 6.09 Å². The van der Waals surface area contributed by atoms with Crippen LogP contribution in [-0.4, -0.2) is 83.0 Å². The van der Waals surface area contributed by atoms with Gasteiger partial charge in [0.15, 0.2) is 0 Å². The van der Waals surface area contributed by atoms with Gasteiger partial charge in [-0.3, -0.25) is 4.79 Å². The number of nitrogens with one attached hydrogen (secondary N) is 1. The number of carbonyl (C=O) groups is 2. The molecule has 40 heavy (non-hydrogen) atoms. The maximum absolute atomic E-state index is 13.6. The van der Waals surface area contributed by atoms with E-state index in [1.165, 1.54) is 4.31 Å². The summed E-state index contributed by atoms with van der Waals surface area (Å²) in [5, 5.41) is 2.87. The van der Waals surface area contributed by atoms with Crippen LogP contribution < -0.4 is 5.32 Å². The van der Waals surface area contributed by atoms with Crippen LogP contribution in [0, 0.1) is 0 Å². The quantitative estimate of drug-likeness (QED) is 0.501. The molecule has 1 unspecified atom stereocenters. The van der Waals surface area contributed by atoms with Crippen LogP contribution in [0.1, 0.15) is 49.5 Å². The van der Waals surface area contributed by atoms with Crippen molar-refractivity contribution in [3.63, 3.8) is 0 Å². The zero-order valence-corrected chi connectivity index (χ0v) is 23.8. The first-order chi connectivity index (χ1) is 18.9. The molecule has 0 saturated carbocycles. The van der Waals surface area contributed by atoms with E-state index in [0.717, 1.165) is 11.2 Å². The van der Waals surface area contributed by atoms with Crippen LogP contribution in [0.15, 0.2) is 59.9 Å². The molecule has 2 aromatic heterocycles. The fourth-order valence-electron chi connectivity index (χ4n) is 5.11. The molecule has 214 valence electrons. The number of imidazole rings is 1. The van der Waals surface area contributed by atoms with E-state index in [1.807, 2.05) is 20.8 Å². The van der Waals surface area contributed by atoms with Gasteiger partial charge in [0.2, 0.25) is 10.0 Å². The monoisotopic (exact) mass is 569 g/mol. The van der Waals surface area contributed by atoms with Gasteiger partial charge in [0, 0.05) is 44.8 Å². The van der Waals surface area contributed by atoms with Gasteiger partial charge in [-0.25, -0.2) is 18.2 Å². The Morgan fingerprint density at radius 1 is 1.10 bits per heavy atom. The minimum atomic E-state index is -3.79. The minimum Gasteiger partial charge on any atom is -0.444 e. The van der Waals surface area contributed by atoms with Gasteiger partial charge in [-0.2, -0.15) is 4.31 Å². The fourth-order valence-corrected chi connectivity index (χ4v) is 6.61. The summed E-state index contributed by atoms with van der Waals surface area (Å²) in [4.78, 5) is 31.2. The number of fused-ring (bicyclic) bond motifs is 1. The number of sulfonamides is 1. The van der Waals surface area contributed by atoms with E-state index in [-0.39, 0.29) is 43.6 Å². The Morgan fingerprint density at radius 2 is 1.88 bits per heavy atom. The number of hydrogen-bond donors (Lipinski definition) is 1. The van der Waals surface area contributed by atoms with Gasteiger partial charge in [0.1, 0.15) is 11.2 Å². The van der Waals surface area contributed by atoms with Crippen molar-refractivity contribution in [2.24, 2.45) is 0 Å². The number of amides is 2. The number of ether oxygens (including phenoxy) is 2. The lowest BCUT2D eigenvalue weighted by Gasteiger charge is -2.47. The molecule has 2 aliphatic heterocycles. The Kier molecular flexibility index (Phi) is 7.60. The lowest BCUT2D eigenvalue weighted by atomic mass is 9.91. The van der Waals surface area contributed by atoms with Crippen molar-refractivity contribution >= 4 is 27.7 Å². The number of piperidine rings is 1. The Bertz CT molecular complexity index is 1490. The molecule has 1 aromatic carbocycles. The van der Waals surface area contributed by atoms with Gasteiger partial charge in [0.05, 0.1) is 29.2 Å². The van der Waals surface area contributed by atoms with Crippen LogP contribution in [0.25, 0.3) is 5.65 Å². The number of carbonyl (C=O) groups excluding carboxylic acids is 2. The summed E-state index contributed by atoms with van der Waals surface area (Å²) < 4.78 is 42.0. The number of nitrogens with zero attached hydrogens (tertiary/aromatic N) is 4. The highest BCUT2D eigenvalue weighted by molar-refractivity contribution is 7.89. The Morgan fingerprint density at radius 3 is 2.62 bits per heavy atom. The summed E-state index contributed by atoms with van der Waals surface area (Å²) in [6.07, 6.45) is 6.08. The summed E-state index contributed by atoms with van der Waals surface area (Å²) in [6.45, 7) is 7.16. The zero-order valence-electron chi connectivity index (χ0n) is 23.0. The molecule has 0 radical (unpaired) electrons. The second kappa shape index (κ2) is 10.8. The SMILES string of the molecule is CC(C)(C)OC(=O)N1CCCC2(C1)CN(S(=O)(=O)c1ccc(CNC(=O)c3ccc4nccn4c3)cc1)CCO2. The summed E-state index contributed by atoms with van der Waals surface area (Å²) in [5.41, 5.74) is 0.635. The van der Waals surface area contributed by atoms with Crippen LogP contribution in [0.2, 0.25) is 0 Å². The molecule has 2 fully saturated rings. The Labute approximate surface area is 234 Å². The molecule has 11 nitrogen and oxygen atoms in total. The van der Waals surface area contributed by atoms with Crippen molar-refractivity contribution in [2.45, 2.75) is 56.3 Å². The second-order valence-electron chi connectivity index (χ2n) is 11.3. The van der Waals surface area contributed by atoms with Crippen molar-refractivity contribution in [3.05, 3.63) is 66.1 Å². The maximum atomic E-state index is 13.6. The number of pyridine rings is 1. The average molecular weight is 570 g/mol. The standard InChI is InChI=1S/C28H35N5O6S/c1-27(2,3)39-26(35)32-13-4-11-28(19-32)20-33(15-16-38-28)40(36,37)23-8-5-21(6-9-23)17-30-25(34)22-7-10-24-29-12-14-31(24)18-22/h5-10,12,14,18H,4,11,13,15-17,19-20H2,1-3H3,(H,30,34). The third-order valence-corrected chi connectivity index (χ3v) is 8.93. The average Bonchev–Trinajstić information content (AvgIpc) is 3.39. The Balaban J connectivity index is 1.22. The molecule has 5 rings (SSSR count). The van der Waals surface area contributed by atoms with Crippen LogP contribution in [0.3, 0.4) is 0 Å². The number of hydrogen-bond acceptors (Lipinski definition) is 7. The number of aromatic nitrogens is 2. The number of likely N-dealkylation sites (tertiary alicyclic amines) is 1. The van der Waals surface area contributed by atoms with Crippen LogP contribution >= 0.6 is 0 Å². The van der Waals surface area contributed by atoms with Crippen LogP contribution in [0.4, 0.5) is 4.79 Å². The molecule has 1 N–H and O–H groups in total. The smallest absolute Gasteiger partial charge is 0.410 e. The third-order valence-electron chi connectivity index (χ3n) is 7.07. The van der Waals surface area contributed by atoms with Gasteiger partial charge < -0.3 is 24.1 Å². The molecular formula is C28H35N5O6S. The molecule has 1 spiro atoms. The predicted octanol–water partition coefficient (Wildman–Crippen LogP) is 3.05. The number of morpholine rings is 1. The van der Waals surface area contributed by atoms with Gasteiger partial charge in [-0.1, -0.05) is 12.1 Å². The molecule has 12 heteroatoms. The molecule has 2 saturated heterocycles.